The molecule has 0 heterocycles. The van der Waals surface area contributed by atoms with E-state index in [1.54, 1.807) is 12.1 Å². The van der Waals surface area contributed by atoms with Gasteiger partial charge in [-0.3, -0.25) is 20.4 Å². The molecule has 0 aliphatic carbocycles. The van der Waals surface area contributed by atoms with E-state index in [-0.39, 0.29) is 15.5 Å². The van der Waals surface area contributed by atoms with Crippen molar-refractivity contribution < 1.29 is 18.0 Å². The van der Waals surface area contributed by atoms with Crippen molar-refractivity contribution in [1.29, 1.82) is 0 Å². The van der Waals surface area contributed by atoms with Gasteiger partial charge in [0, 0.05) is 17.4 Å². The third-order valence-corrected chi connectivity index (χ3v) is 5.09. The van der Waals surface area contributed by atoms with Gasteiger partial charge in [-0.2, -0.15) is 0 Å². The smallest absolute Gasteiger partial charge is 0.267 e. The van der Waals surface area contributed by atoms with Crippen LogP contribution in [0.4, 0.5) is 0 Å². The highest BCUT2D eigenvalue weighted by Crippen LogP contribution is 2.22. The molecule has 2 amide bonds. The first kappa shape index (κ1) is 19.0. The minimum absolute atomic E-state index is 0.0269. The minimum Gasteiger partial charge on any atom is -0.267 e. The van der Waals surface area contributed by atoms with Crippen LogP contribution in [0.2, 0.25) is 5.02 Å². The van der Waals surface area contributed by atoms with Crippen LogP contribution in [0.25, 0.3) is 0 Å². The Hall–Kier alpha value is -2.38. The SMILES string of the molecule is CCc1ccc(C(=O)NNC(=O)c2ccc(Cl)c(S(C)(=O)=O)c2)cc1. The Morgan fingerprint density at radius 2 is 1.48 bits per heavy atom. The molecule has 0 aliphatic heterocycles. The summed E-state index contributed by atoms with van der Waals surface area (Å²) in [4.78, 5) is 24.0. The van der Waals surface area contributed by atoms with E-state index in [1.807, 2.05) is 19.1 Å². The second kappa shape index (κ2) is 7.67. The molecule has 132 valence electrons. The van der Waals surface area contributed by atoms with Gasteiger partial charge in [0.15, 0.2) is 9.84 Å². The van der Waals surface area contributed by atoms with Crippen LogP contribution >= 0.6 is 11.6 Å². The molecule has 2 N–H and O–H groups in total. The first-order chi connectivity index (χ1) is 11.7. The fourth-order valence-corrected chi connectivity index (χ4v) is 3.38. The zero-order valence-electron chi connectivity index (χ0n) is 13.7. The van der Waals surface area contributed by atoms with Crippen LogP contribution in [-0.2, 0) is 16.3 Å². The van der Waals surface area contributed by atoms with Gasteiger partial charge in [-0.05, 0) is 42.3 Å². The zero-order valence-corrected chi connectivity index (χ0v) is 15.2. The van der Waals surface area contributed by atoms with Gasteiger partial charge in [-0.15, -0.1) is 0 Å². The predicted molar refractivity (Wildman–Crippen MR) is 95.3 cm³/mol. The van der Waals surface area contributed by atoms with Crippen LogP contribution in [0.5, 0.6) is 0 Å². The summed E-state index contributed by atoms with van der Waals surface area (Å²) in [6.07, 6.45) is 1.86. The summed E-state index contributed by atoms with van der Waals surface area (Å²) in [5.74, 6) is -1.13. The average Bonchev–Trinajstić information content (AvgIpc) is 2.58. The first-order valence-corrected chi connectivity index (χ1v) is 9.68. The molecule has 25 heavy (non-hydrogen) atoms. The predicted octanol–water partition coefficient (Wildman–Crippen LogP) is 2.38. The van der Waals surface area contributed by atoms with Crippen molar-refractivity contribution in [2.75, 3.05) is 6.26 Å². The van der Waals surface area contributed by atoms with Crippen LogP contribution in [0, 0.1) is 0 Å². The molecule has 6 nitrogen and oxygen atoms in total. The Labute approximate surface area is 151 Å². The quantitative estimate of drug-likeness (QED) is 0.796. The minimum atomic E-state index is -3.57. The molecule has 0 unspecified atom stereocenters. The van der Waals surface area contributed by atoms with E-state index in [4.69, 9.17) is 11.6 Å². The van der Waals surface area contributed by atoms with Gasteiger partial charge in [0.2, 0.25) is 0 Å². The van der Waals surface area contributed by atoms with Gasteiger partial charge >= 0.3 is 0 Å². The number of amides is 2. The summed E-state index contributed by atoms with van der Waals surface area (Å²) in [7, 11) is -3.57. The Balaban J connectivity index is 2.08. The number of aryl methyl sites for hydroxylation is 1. The van der Waals surface area contributed by atoms with Crippen LogP contribution in [0.15, 0.2) is 47.4 Å². The van der Waals surface area contributed by atoms with Crippen molar-refractivity contribution in [2.24, 2.45) is 0 Å². The molecule has 2 rings (SSSR count). The maximum Gasteiger partial charge on any atom is 0.269 e. The highest BCUT2D eigenvalue weighted by molar-refractivity contribution is 7.90. The van der Waals surface area contributed by atoms with Gasteiger partial charge in [0.05, 0.1) is 9.92 Å². The van der Waals surface area contributed by atoms with Crippen molar-refractivity contribution >= 4 is 33.3 Å². The Morgan fingerprint density at radius 3 is 2.00 bits per heavy atom. The van der Waals surface area contributed by atoms with E-state index in [9.17, 15) is 18.0 Å². The number of hydrogen-bond donors (Lipinski definition) is 2. The number of hydrogen-bond acceptors (Lipinski definition) is 4. The summed E-state index contributed by atoms with van der Waals surface area (Å²) in [6, 6.07) is 10.8. The van der Waals surface area contributed by atoms with Gasteiger partial charge in [0.25, 0.3) is 11.8 Å². The number of halogens is 1. The molecule has 0 spiro atoms. The molecular weight excluding hydrogens is 364 g/mol. The zero-order chi connectivity index (χ0) is 18.6. The van der Waals surface area contributed by atoms with E-state index in [1.165, 1.54) is 12.1 Å². The summed E-state index contributed by atoms with van der Waals surface area (Å²) in [5.41, 5.74) is 6.08. The number of nitrogens with one attached hydrogen (secondary N) is 2. The molecule has 0 saturated carbocycles. The lowest BCUT2D eigenvalue weighted by atomic mass is 10.1. The third kappa shape index (κ3) is 4.80. The molecule has 0 fully saturated rings. The Bertz CT molecular complexity index is 909. The van der Waals surface area contributed by atoms with E-state index in [2.05, 4.69) is 10.9 Å². The maximum absolute atomic E-state index is 12.1. The third-order valence-electron chi connectivity index (χ3n) is 3.51. The lowest BCUT2D eigenvalue weighted by Gasteiger charge is -2.09. The normalized spacial score (nSPS) is 11.0. The fourth-order valence-electron chi connectivity index (χ4n) is 2.08. The monoisotopic (exact) mass is 380 g/mol. The van der Waals surface area contributed by atoms with Crippen molar-refractivity contribution in [3.05, 3.63) is 64.2 Å². The van der Waals surface area contributed by atoms with Crippen LogP contribution in [0.3, 0.4) is 0 Å². The van der Waals surface area contributed by atoms with Crippen LogP contribution < -0.4 is 10.9 Å². The van der Waals surface area contributed by atoms with Gasteiger partial charge in [-0.1, -0.05) is 30.7 Å². The first-order valence-electron chi connectivity index (χ1n) is 7.41. The molecular formula is C17H17ClN2O4S. The highest BCUT2D eigenvalue weighted by atomic mass is 35.5. The lowest BCUT2D eigenvalue weighted by molar-refractivity contribution is 0.0846. The Morgan fingerprint density at radius 1 is 0.960 bits per heavy atom. The van der Waals surface area contributed by atoms with E-state index in [0.717, 1.165) is 24.3 Å². The Kier molecular flexibility index (Phi) is 5.81. The van der Waals surface area contributed by atoms with E-state index < -0.39 is 21.7 Å². The number of carbonyl (C=O) groups is 2. The van der Waals surface area contributed by atoms with E-state index in [0.29, 0.717) is 5.56 Å². The number of rotatable bonds is 4. The second-order valence-corrected chi connectivity index (χ2v) is 7.77. The standard InChI is InChI=1S/C17H17ClN2O4S/c1-3-11-4-6-12(7-5-11)16(21)19-20-17(22)13-8-9-14(18)15(10-13)25(2,23)24/h4-10H,3H2,1-2H3,(H,19,21)(H,20,22). The number of hydrazine groups is 1. The largest absolute Gasteiger partial charge is 0.269 e. The van der Waals surface area contributed by atoms with Gasteiger partial charge in [0.1, 0.15) is 0 Å². The summed E-state index contributed by atoms with van der Waals surface area (Å²) >= 11 is 5.84. The fraction of sp³-hybridized carbons (Fsp3) is 0.176. The molecule has 2 aromatic rings. The number of carbonyl (C=O) groups excluding carboxylic acids is 2. The molecule has 0 aromatic heterocycles. The van der Waals surface area contributed by atoms with Crippen molar-refractivity contribution in [1.82, 2.24) is 10.9 Å². The van der Waals surface area contributed by atoms with E-state index >= 15 is 0 Å². The summed E-state index contributed by atoms with van der Waals surface area (Å²) in [6.45, 7) is 2.01. The second-order valence-electron chi connectivity index (χ2n) is 5.38. The average molecular weight is 381 g/mol. The molecule has 0 atom stereocenters. The lowest BCUT2D eigenvalue weighted by Crippen LogP contribution is -2.41. The van der Waals surface area contributed by atoms with Crippen molar-refractivity contribution in [3.8, 4) is 0 Å². The number of sulfone groups is 1. The van der Waals surface area contributed by atoms with Gasteiger partial charge < -0.3 is 0 Å². The molecule has 0 saturated heterocycles. The number of benzene rings is 2. The molecule has 0 bridgehead atoms. The van der Waals surface area contributed by atoms with Gasteiger partial charge in [-0.25, -0.2) is 8.42 Å². The summed E-state index contributed by atoms with van der Waals surface area (Å²) in [5, 5.41) is 0.0269. The highest BCUT2D eigenvalue weighted by Gasteiger charge is 2.16. The topological polar surface area (TPSA) is 92.3 Å². The van der Waals surface area contributed by atoms with Crippen molar-refractivity contribution in [2.45, 2.75) is 18.2 Å². The molecule has 8 heteroatoms. The maximum atomic E-state index is 12.1. The van der Waals surface area contributed by atoms with Crippen LogP contribution in [0.1, 0.15) is 33.2 Å². The molecule has 0 radical (unpaired) electrons. The molecule has 2 aromatic carbocycles. The van der Waals surface area contributed by atoms with Crippen molar-refractivity contribution in [3.63, 3.8) is 0 Å². The van der Waals surface area contributed by atoms with Crippen LogP contribution in [-0.4, -0.2) is 26.5 Å². The molecule has 0 aliphatic rings. The summed E-state index contributed by atoms with van der Waals surface area (Å²) < 4.78 is 23.3.